The highest BCUT2D eigenvalue weighted by molar-refractivity contribution is 5.89. The number of carbonyl (C=O) groups is 2. The van der Waals surface area contributed by atoms with Crippen LogP contribution in [-0.4, -0.2) is 51.6 Å². The van der Waals surface area contributed by atoms with Crippen LogP contribution in [0.4, 0.5) is 0 Å². The second kappa shape index (κ2) is 8.38. The molecule has 0 aromatic carbocycles. The maximum absolute atomic E-state index is 12.6. The second-order valence-electron chi connectivity index (χ2n) is 12.4. The summed E-state index contributed by atoms with van der Waals surface area (Å²) in [5.41, 5.74) is -0.266. The zero-order valence-corrected chi connectivity index (χ0v) is 21.2. The van der Waals surface area contributed by atoms with Crippen LogP contribution in [0, 0.1) is 34.5 Å². The first kappa shape index (κ1) is 24.1. The lowest BCUT2D eigenvalue weighted by atomic mass is 9.42. The fraction of sp³-hybridized carbons (Fsp3) is 0.690. The molecule has 0 saturated heterocycles. The Labute approximate surface area is 212 Å². The van der Waals surface area contributed by atoms with Crippen molar-refractivity contribution >= 4 is 11.9 Å². The topological polar surface area (TPSA) is 106 Å². The van der Waals surface area contributed by atoms with Crippen LogP contribution in [-0.2, 0) is 14.3 Å². The summed E-state index contributed by atoms with van der Waals surface area (Å²) in [5, 5.41) is 24.0. The third-order valence-electron chi connectivity index (χ3n) is 11.2. The summed E-state index contributed by atoms with van der Waals surface area (Å²) >= 11 is 0. The Morgan fingerprint density at radius 1 is 1.14 bits per heavy atom. The highest BCUT2D eigenvalue weighted by Gasteiger charge is 2.70. The number of aliphatic hydroxyl groups excluding tert-OH is 1. The van der Waals surface area contributed by atoms with E-state index in [1.165, 1.54) is 0 Å². The van der Waals surface area contributed by atoms with Gasteiger partial charge in [-0.25, -0.2) is 9.59 Å². The number of hydrogen-bond donors (Lipinski definition) is 2. The van der Waals surface area contributed by atoms with Gasteiger partial charge in [-0.3, -0.25) is 4.98 Å². The van der Waals surface area contributed by atoms with Gasteiger partial charge in [0.05, 0.1) is 17.3 Å². The molecule has 7 heteroatoms. The van der Waals surface area contributed by atoms with Crippen LogP contribution < -0.4 is 0 Å². The van der Waals surface area contributed by atoms with Crippen molar-refractivity contribution in [3.05, 3.63) is 41.7 Å². The Kier molecular flexibility index (Phi) is 5.61. The third kappa shape index (κ3) is 3.34. The molecule has 4 saturated carbocycles. The third-order valence-corrected chi connectivity index (χ3v) is 11.2. The van der Waals surface area contributed by atoms with Crippen molar-refractivity contribution in [1.29, 1.82) is 0 Å². The number of hydrogen-bond acceptors (Lipinski definition) is 7. The second-order valence-corrected chi connectivity index (χ2v) is 12.4. The Hall–Kier alpha value is -2.25. The number of pyridine rings is 1. The molecule has 0 unspecified atom stereocenters. The van der Waals surface area contributed by atoms with Gasteiger partial charge in [-0.15, -0.1) is 0 Å². The molecule has 0 bridgehead atoms. The smallest absolute Gasteiger partial charge is 0.339 e. The molecule has 4 aliphatic carbocycles. The molecule has 2 N–H and O–H groups in total. The van der Waals surface area contributed by atoms with Crippen LogP contribution in [0.1, 0.15) is 75.6 Å². The van der Waals surface area contributed by atoms with Gasteiger partial charge in [0.25, 0.3) is 0 Å². The number of ether oxygens (including phenoxy) is 2. The fourth-order valence-corrected chi connectivity index (χ4v) is 9.16. The van der Waals surface area contributed by atoms with Crippen LogP contribution in [0.2, 0.25) is 0 Å². The number of esters is 2. The molecule has 0 spiro atoms. The minimum Gasteiger partial charge on any atom is -0.459 e. The first-order valence-electron chi connectivity index (χ1n) is 13.6. The minimum absolute atomic E-state index is 0.0119. The van der Waals surface area contributed by atoms with E-state index in [1.807, 2.05) is 6.92 Å². The van der Waals surface area contributed by atoms with Crippen LogP contribution in [0.25, 0.3) is 0 Å². The van der Waals surface area contributed by atoms with E-state index in [1.54, 1.807) is 30.6 Å². The number of cyclic esters (lactones) is 1. The first-order chi connectivity index (χ1) is 17.2. The van der Waals surface area contributed by atoms with Crippen molar-refractivity contribution in [1.82, 2.24) is 4.98 Å². The summed E-state index contributed by atoms with van der Waals surface area (Å²) in [7, 11) is 0. The summed E-state index contributed by atoms with van der Waals surface area (Å²) in [5.74, 6) is 0.0439. The van der Waals surface area contributed by atoms with E-state index in [4.69, 9.17) is 9.47 Å². The van der Waals surface area contributed by atoms with E-state index in [0.29, 0.717) is 24.3 Å². The molecule has 1 aromatic rings. The predicted molar refractivity (Wildman–Crippen MR) is 131 cm³/mol. The van der Waals surface area contributed by atoms with E-state index < -0.39 is 17.1 Å². The van der Waals surface area contributed by atoms with Gasteiger partial charge in [0.15, 0.2) is 0 Å². The van der Waals surface area contributed by atoms with E-state index in [-0.39, 0.29) is 47.8 Å². The van der Waals surface area contributed by atoms with E-state index in [2.05, 4.69) is 11.9 Å². The summed E-state index contributed by atoms with van der Waals surface area (Å²) in [6.45, 7) is 4.65. The lowest BCUT2D eigenvalue weighted by Gasteiger charge is -2.65. The van der Waals surface area contributed by atoms with Crippen LogP contribution >= 0.6 is 0 Å². The van der Waals surface area contributed by atoms with Crippen LogP contribution in [0.15, 0.2) is 36.2 Å². The van der Waals surface area contributed by atoms with Gasteiger partial charge in [-0.05, 0) is 98.2 Å². The van der Waals surface area contributed by atoms with Crippen molar-refractivity contribution < 1.29 is 29.3 Å². The highest BCUT2D eigenvalue weighted by Crippen LogP contribution is 2.70. The average molecular weight is 496 g/mol. The average Bonchev–Trinajstić information content (AvgIpc) is 3.41. The van der Waals surface area contributed by atoms with Gasteiger partial charge in [-0.2, -0.15) is 0 Å². The lowest BCUT2D eigenvalue weighted by molar-refractivity contribution is -0.244. The quantitative estimate of drug-likeness (QED) is 0.614. The lowest BCUT2D eigenvalue weighted by Crippen LogP contribution is -2.67. The molecule has 6 rings (SSSR count). The zero-order chi connectivity index (χ0) is 25.3. The Morgan fingerprint density at radius 3 is 2.69 bits per heavy atom. The largest absolute Gasteiger partial charge is 0.459 e. The normalized spacial score (nSPS) is 45.7. The van der Waals surface area contributed by atoms with Crippen molar-refractivity contribution in [2.75, 3.05) is 6.61 Å². The van der Waals surface area contributed by atoms with Crippen molar-refractivity contribution in [3.8, 4) is 0 Å². The predicted octanol–water partition coefficient (Wildman–Crippen LogP) is 3.83. The molecule has 5 aliphatic rings. The molecule has 1 aliphatic heterocycles. The fourth-order valence-electron chi connectivity index (χ4n) is 9.16. The SMILES string of the molecule is C[C@]12CC[C@H](OC(=O)c3cccnc3)C[C@@H]1CC[C@H]1[C@@H]2C[C@H](O)[C@@]2(C)[C@H](C3=CC(=O)OC3)CC[C@@]12O. The first-order valence-corrected chi connectivity index (χ1v) is 13.6. The standard InChI is InChI=1S/C29H37NO6/c1-27-9-7-20(36-26(33)17-4-3-11-30-15-17)13-19(27)5-6-22-23(27)14-24(31)28(2)21(8-10-29(22,28)34)18-12-25(32)35-16-18/h3-4,11-12,15,19-24,31,34H,5-10,13-14,16H2,1-2H3/t19-,20-,21-,22-,23-,24-,27-,28+,29+/m0/s1. The molecule has 7 nitrogen and oxygen atoms in total. The molecular weight excluding hydrogens is 458 g/mol. The summed E-state index contributed by atoms with van der Waals surface area (Å²) in [6, 6.07) is 3.47. The molecular formula is C29H37NO6. The molecule has 194 valence electrons. The van der Waals surface area contributed by atoms with Crippen LogP contribution in [0.5, 0.6) is 0 Å². The van der Waals surface area contributed by atoms with Crippen molar-refractivity contribution in [2.24, 2.45) is 34.5 Å². The molecule has 0 radical (unpaired) electrons. The van der Waals surface area contributed by atoms with Gasteiger partial charge in [0.1, 0.15) is 12.7 Å². The Balaban J connectivity index is 1.21. The van der Waals surface area contributed by atoms with Gasteiger partial charge in [-0.1, -0.05) is 13.8 Å². The maximum Gasteiger partial charge on any atom is 0.339 e. The summed E-state index contributed by atoms with van der Waals surface area (Å²) < 4.78 is 11.1. The molecule has 1 aromatic heterocycles. The van der Waals surface area contributed by atoms with Gasteiger partial charge >= 0.3 is 11.9 Å². The maximum atomic E-state index is 12.6. The van der Waals surface area contributed by atoms with Crippen molar-refractivity contribution in [2.45, 2.75) is 83.0 Å². The zero-order valence-electron chi connectivity index (χ0n) is 21.2. The molecule has 0 amide bonds. The molecule has 36 heavy (non-hydrogen) atoms. The monoisotopic (exact) mass is 495 g/mol. The van der Waals surface area contributed by atoms with E-state index >= 15 is 0 Å². The molecule has 2 heterocycles. The van der Waals surface area contributed by atoms with Gasteiger partial charge in [0.2, 0.25) is 0 Å². The molecule has 4 fully saturated rings. The van der Waals surface area contributed by atoms with Gasteiger partial charge < -0.3 is 19.7 Å². The number of aliphatic hydroxyl groups is 2. The number of rotatable bonds is 3. The van der Waals surface area contributed by atoms with Crippen LogP contribution in [0.3, 0.4) is 0 Å². The summed E-state index contributed by atoms with van der Waals surface area (Å²) in [6.07, 6.45) is 10.5. The van der Waals surface area contributed by atoms with E-state index in [9.17, 15) is 19.8 Å². The van der Waals surface area contributed by atoms with Crippen molar-refractivity contribution in [3.63, 3.8) is 0 Å². The van der Waals surface area contributed by atoms with E-state index in [0.717, 1.165) is 44.1 Å². The number of nitrogens with zero attached hydrogens (tertiary/aromatic N) is 1. The minimum atomic E-state index is -0.968. The Morgan fingerprint density at radius 2 is 1.97 bits per heavy atom. The van der Waals surface area contributed by atoms with Gasteiger partial charge in [0, 0.05) is 23.9 Å². The number of fused-ring (bicyclic) bond motifs is 5. The highest BCUT2D eigenvalue weighted by atomic mass is 16.5. The number of carbonyl (C=O) groups excluding carboxylic acids is 2. The number of aromatic nitrogens is 1. The molecule has 9 atom stereocenters. The summed E-state index contributed by atoms with van der Waals surface area (Å²) in [4.78, 5) is 28.4. The Bertz CT molecular complexity index is 1090.